The van der Waals surface area contributed by atoms with Crippen molar-refractivity contribution in [2.24, 2.45) is 0 Å². The molecule has 1 saturated heterocycles. The topological polar surface area (TPSA) is 117 Å². The summed E-state index contributed by atoms with van der Waals surface area (Å²) < 4.78 is 3.67. The Hall–Kier alpha value is -5.58. The number of hydrogen-bond donors (Lipinski definition) is 4. The predicted octanol–water partition coefficient (Wildman–Crippen LogP) is 6.62. The fourth-order valence-electron chi connectivity index (χ4n) is 6.00. The van der Waals surface area contributed by atoms with Crippen LogP contribution in [0.2, 0.25) is 0 Å². The Morgan fingerprint density at radius 2 is 1.42 bits per heavy atom. The molecule has 1 aliphatic heterocycles. The highest BCUT2D eigenvalue weighted by molar-refractivity contribution is 5.79. The lowest BCUT2D eigenvalue weighted by Crippen LogP contribution is -2.35. The van der Waals surface area contributed by atoms with Crippen molar-refractivity contribution < 1.29 is 5.11 Å². The second-order valence-electron chi connectivity index (χ2n) is 11.9. The van der Waals surface area contributed by atoms with Crippen LogP contribution >= 0.6 is 0 Å². The van der Waals surface area contributed by atoms with Crippen molar-refractivity contribution in [2.45, 2.75) is 38.5 Å². The van der Waals surface area contributed by atoms with Gasteiger partial charge in [-0.3, -0.25) is 0 Å². The zero-order chi connectivity index (χ0) is 32.7. The fraction of sp³-hybridized carbons (Fsp3) is 0.211. The van der Waals surface area contributed by atoms with Gasteiger partial charge in [0.2, 0.25) is 0 Å². The lowest BCUT2D eigenvalue weighted by Gasteiger charge is -2.24. The number of fused-ring (bicyclic) bond motifs is 2. The molecular weight excluding hydrogens is 598 g/mol. The summed E-state index contributed by atoms with van der Waals surface area (Å²) in [7, 11) is 0. The molecule has 1 aliphatic rings. The van der Waals surface area contributed by atoms with Gasteiger partial charge in [0, 0.05) is 35.6 Å². The number of nitrogens with one attached hydrogen (secondary N) is 3. The molecule has 7 aromatic rings. The second kappa shape index (κ2) is 14.5. The first-order chi connectivity index (χ1) is 23.6. The summed E-state index contributed by atoms with van der Waals surface area (Å²) in [6.07, 6.45) is 9.78. The molecular formula is C38H39N9O. The summed E-state index contributed by atoms with van der Waals surface area (Å²) in [5.74, 6) is 1.76. The SMILES string of the molecule is CC(Nc1cccc(-c2cnn3ccc(CO)cc23)n1)c1ccccc1.c1cc(NC2CCNCC2)nc(-c2cnn3ccccc23)c1. The molecule has 48 heavy (non-hydrogen) atoms. The summed E-state index contributed by atoms with van der Waals surface area (Å²) in [6.45, 7) is 4.27. The minimum absolute atomic E-state index is 0.00470. The van der Waals surface area contributed by atoms with Gasteiger partial charge in [-0.15, -0.1) is 0 Å². The molecule has 1 atom stereocenters. The molecule has 0 saturated carbocycles. The Morgan fingerprint density at radius 1 is 0.750 bits per heavy atom. The van der Waals surface area contributed by atoms with E-state index in [-0.39, 0.29) is 12.6 Å². The van der Waals surface area contributed by atoms with E-state index in [0.29, 0.717) is 6.04 Å². The van der Waals surface area contributed by atoms with Gasteiger partial charge in [-0.1, -0.05) is 48.5 Å². The van der Waals surface area contributed by atoms with Crippen molar-refractivity contribution in [3.05, 3.63) is 133 Å². The third-order valence-electron chi connectivity index (χ3n) is 8.60. The minimum Gasteiger partial charge on any atom is -0.392 e. The molecule has 0 aliphatic carbocycles. The summed E-state index contributed by atoms with van der Waals surface area (Å²) in [6, 6.07) is 32.9. The van der Waals surface area contributed by atoms with Crippen molar-refractivity contribution in [1.29, 1.82) is 0 Å². The van der Waals surface area contributed by atoms with Gasteiger partial charge in [-0.25, -0.2) is 19.0 Å². The van der Waals surface area contributed by atoms with Gasteiger partial charge in [0.15, 0.2) is 0 Å². The van der Waals surface area contributed by atoms with E-state index in [9.17, 15) is 5.11 Å². The number of benzene rings is 1. The molecule has 1 unspecified atom stereocenters. The number of aliphatic hydroxyl groups excluding tert-OH is 1. The van der Waals surface area contributed by atoms with Gasteiger partial charge in [0.1, 0.15) is 11.6 Å². The lowest BCUT2D eigenvalue weighted by molar-refractivity contribution is 0.282. The lowest BCUT2D eigenvalue weighted by atomic mass is 10.1. The average molecular weight is 638 g/mol. The Morgan fingerprint density at radius 3 is 2.17 bits per heavy atom. The molecule has 242 valence electrons. The Balaban J connectivity index is 0.000000154. The van der Waals surface area contributed by atoms with Gasteiger partial charge in [0.25, 0.3) is 0 Å². The second-order valence-corrected chi connectivity index (χ2v) is 11.9. The zero-order valence-electron chi connectivity index (χ0n) is 26.9. The molecule has 10 heteroatoms. The third-order valence-corrected chi connectivity index (χ3v) is 8.60. The predicted molar refractivity (Wildman–Crippen MR) is 191 cm³/mol. The molecule has 1 fully saturated rings. The highest BCUT2D eigenvalue weighted by Crippen LogP contribution is 2.27. The van der Waals surface area contributed by atoms with Gasteiger partial charge in [-0.2, -0.15) is 10.2 Å². The number of nitrogens with zero attached hydrogens (tertiary/aromatic N) is 6. The summed E-state index contributed by atoms with van der Waals surface area (Å²) in [5, 5.41) is 28.6. The number of anilines is 2. The van der Waals surface area contributed by atoms with E-state index in [1.807, 2.05) is 102 Å². The van der Waals surface area contributed by atoms with Crippen LogP contribution in [0.25, 0.3) is 33.5 Å². The quantitative estimate of drug-likeness (QED) is 0.147. The third kappa shape index (κ3) is 7.05. The highest BCUT2D eigenvalue weighted by Gasteiger charge is 2.15. The summed E-state index contributed by atoms with van der Waals surface area (Å²) >= 11 is 0. The number of aliphatic hydroxyl groups is 1. The maximum atomic E-state index is 9.39. The Bertz CT molecular complexity index is 2100. The van der Waals surface area contributed by atoms with Crippen molar-refractivity contribution in [1.82, 2.24) is 34.5 Å². The molecule has 0 spiro atoms. The molecule has 0 amide bonds. The monoisotopic (exact) mass is 637 g/mol. The van der Waals surface area contributed by atoms with Crippen LogP contribution in [0.5, 0.6) is 0 Å². The molecule has 0 radical (unpaired) electrons. The molecule has 0 bridgehead atoms. The first kappa shape index (κ1) is 31.0. The van der Waals surface area contributed by atoms with Crippen molar-refractivity contribution in [2.75, 3.05) is 23.7 Å². The first-order valence-electron chi connectivity index (χ1n) is 16.4. The summed E-state index contributed by atoms with van der Waals surface area (Å²) in [5.41, 5.74) is 7.88. The van der Waals surface area contributed by atoms with Gasteiger partial charge in [0.05, 0.1) is 41.4 Å². The van der Waals surface area contributed by atoms with E-state index < -0.39 is 0 Å². The molecule has 10 nitrogen and oxygen atoms in total. The van der Waals surface area contributed by atoms with Crippen LogP contribution < -0.4 is 16.0 Å². The van der Waals surface area contributed by atoms with Crippen LogP contribution in [0.15, 0.2) is 122 Å². The van der Waals surface area contributed by atoms with Crippen LogP contribution in [0, 0.1) is 0 Å². The number of aromatic nitrogens is 6. The fourth-order valence-corrected chi connectivity index (χ4v) is 6.00. The van der Waals surface area contributed by atoms with Crippen LogP contribution in [-0.4, -0.2) is 53.4 Å². The van der Waals surface area contributed by atoms with E-state index in [1.165, 1.54) is 5.56 Å². The molecule has 1 aromatic carbocycles. The van der Waals surface area contributed by atoms with Crippen LogP contribution in [-0.2, 0) is 6.61 Å². The van der Waals surface area contributed by atoms with E-state index in [0.717, 1.165) is 76.7 Å². The molecule has 6 aromatic heterocycles. The van der Waals surface area contributed by atoms with E-state index in [1.54, 1.807) is 4.52 Å². The highest BCUT2D eigenvalue weighted by atomic mass is 16.3. The zero-order valence-corrected chi connectivity index (χ0v) is 26.9. The smallest absolute Gasteiger partial charge is 0.127 e. The van der Waals surface area contributed by atoms with Crippen molar-refractivity contribution in [3.8, 4) is 22.5 Å². The average Bonchev–Trinajstić information content (AvgIpc) is 3.77. The van der Waals surface area contributed by atoms with Crippen molar-refractivity contribution >= 4 is 22.7 Å². The van der Waals surface area contributed by atoms with E-state index in [2.05, 4.69) is 57.3 Å². The van der Waals surface area contributed by atoms with E-state index in [4.69, 9.17) is 9.97 Å². The number of rotatable bonds is 8. The van der Waals surface area contributed by atoms with E-state index >= 15 is 0 Å². The number of piperidine rings is 1. The van der Waals surface area contributed by atoms with Crippen molar-refractivity contribution in [3.63, 3.8) is 0 Å². The maximum Gasteiger partial charge on any atom is 0.127 e. The van der Waals surface area contributed by atoms with Crippen LogP contribution in [0.1, 0.15) is 36.9 Å². The molecule has 8 rings (SSSR count). The van der Waals surface area contributed by atoms with Crippen LogP contribution in [0.4, 0.5) is 11.6 Å². The summed E-state index contributed by atoms with van der Waals surface area (Å²) in [4.78, 5) is 9.53. The number of pyridine rings is 4. The normalized spacial score (nSPS) is 14.0. The minimum atomic E-state index is 0.00470. The maximum absolute atomic E-state index is 9.39. The van der Waals surface area contributed by atoms with Gasteiger partial charge in [-0.05, 0) is 92.5 Å². The number of hydrogen-bond acceptors (Lipinski definition) is 8. The largest absolute Gasteiger partial charge is 0.392 e. The van der Waals surface area contributed by atoms with Crippen LogP contribution in [0.3, 0.4) is 0 Å². The van der Waals surface area contributed by atoms with Gasteiger partial charge < -0.3 is 21.1 Å². The Labute approximate surface area is 279 Å². The first-order valence-corrected chi connectivity index (χ1v) is 16.4. The Kier molecular flexibility index (Phi) is 9.35. The standard InChI is InChI=1S/C21H20N4O.C17H19N5/c1-15(17-6-3-2-4-7-17)23-21-9-5-8-19(24-21)18-13-22-25-11-10-16(14-26)12-20(18)25;1-2-11-22-16(5-1)14(12-19-22)15-4-3-6-17(21-15)20-13-7-9-18-10-8-13/h2-13,15,26H,14H2,1H3,(H,23,24);1-6,11-13,18H,7-10H2,(H,20,21). The molecule has 4 N–H and O–H groups in total. The van der Waals surface area contributed by atoms with Gasteiger partial charge >= 0.3 is 0 Å². The molecule has 7 heterocycles.